The lowest BCUT2D eigenvalue weighted by Gasteiger charge is -2.11. The van der Waals surface area contributed by atoms with Crippen molar-refractivity contribution in [3.8, 4) is 0 Å². The van der Waals surface area contributed by atoms with E-state index in [0.717, 1.165) is 16.5 Å². The molecular formula is C24H24N2O4. The second kappa shape index (κ2) is 9.69. The first-order chi connectivity index (χ1) is 14.5. The molecule has 0 bridgehead atoms. The maximum Gasteiger partial charge on any atom is 0.340 e. The predicted octanol–water partition coefficient (Wildman–Crippen LogP) is 4.98. The van der Waals surface area contributed by atoms with E-state index in [1.807, 2.05) is 42.5 Å². The second-order valence-electron chi connectivity index (χ2n) is 6.50. The smallest absolute Gasteiger partial charge is 0.340 e. The van der Waals surface area contributed by atoms with Crippen LogP contribution in [0.15, 0.2) is 54.7 Å². The SMILES string of the molecule is CCOC(=O)c1cc(C(=O)OCC)c(/C=C\Nc2cccc3ccccc23)nc1C. The number of aromatic nitrogens is 1. The molecule has 1 heterocycles. The number of hydrogen-bond acceptors (Lipinski definition) is 6. The summed E-state index contributed by atoms with van der Waals surface area (Å²) < 4.78 is 10.2. The Morgan fingerprint density at radius 2 is 1.63 bits per heavy atom. The zero-order valence-electron chi connectivity index (χ0n) is 17.3. The zero-order valence-corrected chi connectivity index (χ0v) is 17.3. The molecule has 0 aliphatic heterocycles. The molecule has 6 nitrogen and oxygen atoms in total. The molecule has 1 N–H and O–H groups in total. The maximum atomic E-state index is 12.4. The van der Waals surface area contributed by atoms with Crippen molar-refractivity contribution in [3.63, 3.8) is 0 Å². The molecule has 30 heavy (non-hydrogen) atoms. The van der Waals surface area contributed by atoms with Gasteiger partial charge in [0.25, 0.3) is 0 Å². The number of rotatable bonds is 7. The highest BCUT2D eigenvalue weighted by Crippen LogP contribution is 2.23. The highest BCUT2D eigenvalue weighted by molar-refractivity contribution is 5.98. The number of hydrogen-bond donors (Lipinski definition) is 1. The molecular weight excluding hydrogens is 380 g/mol. The van der Waals surface area contributed by atoms with Gasteiger partial charge in [0, 0.05) is 17.3 Å². The van der Waals surface area contributed by atoms with Crippen LogP contribution in [0, 0.1) is 6.92 Å². The summed E-state index contributed by atoms with van der Waals surface area (Å²) in [6.07, 6.45) is 3.41. The summed E-state index contributed by atoms with van der Waals surface area (Å²) in [6, 6.07) is 15.5. The van der Waals surface area contributed by atoms with Gasteiger partial charge in [0.2, 0.25) is 0 Å². The quantitative estimate of drug-likeness (QED) is 0.560. The number of nitrogens with zero attached hydrogens (tertiary/aromatic N) is 1. The summed E-state index contributed by atoms with van der Waals surface area (Å²) in [7, 11) is 0. The van der Waals surface area contributed by atoms with Crippen LogP contribution in [-0.4, -0.2) is 30.1 Å². The molecule has 0 saturated carbocycles. The Labute approximate surface area is 175 Å². The zero-order chi connectivity index (χ0) is 21.5. The lowest BCUT2D eigenvalue weighted by molar-refractivity contribution is 0.0523. The van der Waals surface area contributed by atoms with Crippen molar-refractivity contribution in [2.75, 3.05) is 18.5 Å². The van der Waals surface area contributed by atoms with Gasteiger partial charge in [0.1, 0.15) is 0 Å². The molecule has 0 amide bonds. The van der Waals surface area contributed by atoms with Crippen LogP contribution in [0.5, 0.6) is 0 Å². The van der Waals surface area contributed by atoms with Gasteiger partial charge in [-0.25, -0.2) is 9.59 Å². The van der Waals surface area contributed by atoms with Crippen molar-refractivity contribution in [1.82, 2.24) is 4.98 Å². The Morgan fingerprint density at radius 1 is 0.967 bits per heavy atom. The van der Waals surface area contributed by atoms with Crippen molar-refractivity contribution >= 4 is 34.5 Å². The van der Waals surface area contributed by atoms with E-state index < -0.39 is 11.9 Å². The van der Waals surface area contributed by atoms with Crippen molar-refractivity contribution in [2.24, 2.45) is 0 Å². The van der Waals surface area contributed by atoms with Gasteiger partial charge in [-0.15, -0.1) is 0 Å². The normalized spacial score (nSPS) is 10.9. The molecule has 0 aliphatic rings. The van der Waals surface area contributed by atoms with Gasteiger partial charge in [-0.2, -0.15) is 0 Å². The third-order valence-corrected chi connectivity index (χ3v) is 4.50. The van der Waals surface area contributed by atoms with E-state index in [9.17, 15) is 9.59 Å². The van der Waals surface area contributed by atoms with Gasteiger partial charge in [0.15, 0.2) is 0 Å². The molecule has 0 fully saturated rings. The highest BCUT2D eigenvalue weighted by Gasteiger charge is 2.19. The molecule has 0 spiro atoms. The Morgan fingerprint density at radius 3 is 2.37 bits per heavy atom. The lowest BCUT2D eigenvalue weighted by atomic mass is 10.1. The summed E-state index contributed by atoms with van der Waals surface area (Å²) in [5.41, 5.74) is 2.28. The number of anilines is 1. The van der Waals surface area contributed by atoms with Crippen molar-refractivity contribution in [1.29, 1.82) is 0 Å². The molecule has 154 valence electrons. The number of aryl methyl sites for hydroxylation is 1. The third kappa shape index (κ3) is 4.66. The van der Waals surface area contributed by atoms with Crippen molar-refractivity contribution < 1.29 is 19.1 Å². The fourth-order valence-corrected chi connectivity index (χ4v) is 3.10. The lowest BCUT2D eigenvalue weighted by Crippen LogP contribution is -2.14. The summed E-state index contributed by atoms with van der Waals surface area (Å²) >= 11 is 0. The summed E-state index contributed by atoms with van der Waals surface area (Å²) in [5.74, 6) is -1.06. The first-order valence-corrected chi connectivity index (χ1v) is 9.81. The second-order valence-corrected chi connectivity index (χ2v) is 6.50. The number of pyridine rings is 1. The van der Waals surface area contributed by atoms with E-state index in [-0.39, 0.29) is 24.3 Å². The van der Waals surface area contributed by atoms with Crippen LogP contribution in [0.3, 0.4) is 0 Å². The Balaban J connectivity index is 1.94. The first-order valence-electron chi connectivity index (χ1n) is 9.81. The fourth-order valence-electron chi connectivity index (χ4n) is 3.10. The Kier molecular flexibility index (Phi) is 6.80. The van der Waals surface area contributed by atoms with E-state index in [4.69, 9.17) is 9.47 Å². The van der Waals surface area contributed by atoms with Crippen LogP contribution in [0.4, 0.5) is 5.69 Å². The average molecular weight is 404 g/mol. The van der Waals surface area contributed by atoms with Gasteiger partial charge in [-0.05, 0) is 44.4 Å². The monoisotopic (exact) mass is 404 g/mol. The molecule has 3 aromatic rings. The molecule has 1 aromatic heterocycles. The Bertz CT molecular complexity index is 1100. The number of ether oxygens (including phenoxy) is 2. The summed E-state index contributed by atoms with van der Waals surface area (Å²) in [4.78, 5) is 29.1. The average Bonchev–Trinajstić information content (AvgIpc) is 2.74. The van der Waals surface area contributed by atoms with Crippen LogP contribution in [-0.2, 0) is 9.47 Å². The predicted molar refractivity (Wildman–Crippen MR) is 117 cm³/mol. The third-order valence-electron chi connectivity index (χ3n) is 4.50. The number of fused-ring (bicyclic) bond motifs is 1. The van der Waals surface area contributed by atoms with E-state index in [0.29, 0.717) is 11.4 Å². The maximum absolute atomic E-state index is 12.4. The van der Waals surface area contributed by atoms with Crippen LogP contribution in [0.2, 0.25) is 0 Å². The molecule has 3 rings (SSSR count). The van der Waals surface area contributed by atoms with Crippen LogP contribution in [0.25, 0.3) is 16.8 Å². The minimum absolute atomic E-state index is 0.210. The minimum atomic E-state index is -0.541. The van der Waals surface area contributed by atoms with Gasteiger partial charge in [-0.1, -0.05) is 36.4 Å². The molecule has 0 saturated heterocycles. The van der Waals surface area contributed by atoms with Gasteiger partial charge >= 0.3 is 11.9 Å². The topological polar surface area (TPSA) is 77.5 Å². The number of esters is 2. The standard InChI is InChI=1S/C24H24N2O4/c1-4-29-23(27)19-15-20(24(28)30-5-2)22(26-16(19)3)13-14-25-21-12-8-10-17-9-6-7-11-18(17)21/h6-15,25H,4-5H2,1-3H3/b14-13-. The number of benzene rings is 2. The van der Waals surface area contributed by atoms with Crippen molar-refractivity contribution in [2.45, 2.75) is 20.8 Å². The van der Waals surface area contributed by atoms with Crippen LogP contribution < -0.4 is 5.32 Å². The summed E-state index contributed by atoms with van der Waals surface area (Å²) in [6.45, 7) is 5.62. The minimum Gasteiger partial charge on any atom is -0.462 e. The molecule has 0 aliphatic carbocycles. The van der Waals surface area contributed by atoms with E-state index in [1.165, 1.54) is 6.07 Å². The van der Waals surface area contributed by atoms with Crippen molar-refractivity contribution in [3.05, 3.63) is 77.2 Å². The molecule has 2 aromatic carbocycles. The van der Waals surface area contributed by atoms with Crippen LogP contribution in [0.1, 0.15) is 46.0 Å². The molecule has 0 radical (unpaired) electrons. The number of carbonyl (C=O) groups is 2. The molecule has 6 heteroatoms. The van der Waals surface area contributed by atoms with E-state index >= 15 is 0 Å². The number of carbonyl (C=O) groups excluding carboxylic acids is 2. The largest absolute Gasteiger partial charge is 0.462 e. The van der Waals surface area contributed by atoms with Crippen LogP contribution >= 0.6 is 0 Å². The molecule has 0 unspecified atom stereocenters. The van der Waals surface area contributed by atoms with E-state index in [1.54, 1.807) is 33.0 Å². The van der Waals surface area contributed by atoms with Gasteiger partial charge in [0.05, 0.1) is 35.7 Å². The van der Waals surface area contributed by atoms with Gasteiger partial charge in [-0.3, -0.25) is 4.98 Å². The highest BCUT2D eigenvalue weighted by atomic mass is 16.5. The first kappa shape index (κ1) is 21.0. The van der Waals surface area contributed by atoms with E-state index in [2.05, 4.69) is 10.3 Å². The number of nitrogens with one attached hydrogen (secondary N) is 1. The summed E-state index contributed by atoms with van der Waals surface area (Å²) in [5, 5.41) is 5.45. The fraction of sp³-hybridized carbons (Fsp3) is 0.208. The molecule has 0 atom stereocenters. The Hall–Kier alpha value is -3.67. The van der Waals surface area contributed by atoms with Gasteiger partial charge < -0.3 is 14.8 Å².